The molecule has 2 aromatic rings. The van der Waals surface area contributed by atoms with Gasteiger partial charge in [-0.05, 0) is 61.6 Å². The number of ether oxygens (including phenoxy) is 1. The predicted molar refractivity (Wildman–Crippen MR) is 121 cm³/mol. The number of rotatable bonds is 7. The second-order valence-electron chi connectivity index (χ2n) is 7.78. The summed E-state index contributed by atoms with van der Waals surface area (Å²) in [5.41, 5.74) is 1.62. The Hall–Kier alpha value is -2.29. The van der Waals surface area contributed by atoms with Crippen LogP contribution < -0.4 is 15.4 Å². The first-order valence-corrected chi connectivity index (χ1v) is 12.3. The quantitative estimate of drug-likeness (QED) is 0.577. The van der Waals surface area contributed by atoms with E-state index in [0.29, 0.717) is 29.3 Å². The number of carbonyl (C=O) groups excluding carboxylic acids is 1. The van der Waals surface area contributed by atoms with Crippen molar-refractivity contribution in [1.82, 2.24) is 5.32 Å². The molecule has 0 heterocycles. The lowest BCUT2D eigenvalue weighted by molar-refractivity contribution is 0.0951. The molecule has 0 aliphatic heterocycles. The lowest BCUT2D eigenvalue weighted by Crippen LogP contribution is -2.30. The molecule has 0 aromatic heterocycles. The summed E-state index contributed by atoms with van der Waals surface area (Å²) in [7, 11) is -1.95. The van der Waals surface area contributed by atoms with Crippen LogP contribution >= 0.6 is 11.6 Å². The summed E-state index contributed by atoms with van der Waals surface area (Å²) in [4.78, 5) is 13.1. The Morgan fingerprint density at radius 3 is 2.52 bits per heavy atom. The number of amides is 1. The number of aliphatic hydroxyl groups excluding tert-OH is 1. The van der Waals surface area contributed by atoms with Gasteiger partial charge in [0.05, 0.1) is 28.7 Å². The predicted octanol–water partition coefficient (Wildman–Crippen LogP) is 3.40. The van der Waals surface area contributed by atoms with Crippen molar-refractivity contribution in [2.45, 2.75) is 49.3 Å². The summed E-state index contributed by atoms with van der Waals surface area (Å²) in [6, 6.07) is 9.84. The highest BCUT2D eigenvalue weighted by Gasteiger charge is 2.22. The van der Waals surface area contributed by atoms with E-state index >= 15 is 0 Å². The fraction of sp³-hybridized carbons (Fsp3) is 0.409. The lowest BCUT2D eigenvalue weighted by Gasteiger charge is -2.28. The highest BCUT2D eigenvalue weighted by atomic mass is 35.5. The Morgan fingerprint density at radius 1 is 1.16 bits per heavy atom. The van der Waals surface area contributed by atoms with Gasteiger partial charge in [0.15, 0.2) is 9.84 Å². The van der Waals surface area contributed by atoms with Crippen LogP contribution in [0.25, 0.3) is 0 Å². The van der Waals surface area contributed by atoms with Crippen molar-refractivity contribution in [1.29, 1.82) is 0 Å². The Balaban J connectivity index is 1.81. The smallest absolute Gasteiger partial charge is 0.253 e. The van der Waals surface area contributed by atoms with Crippen LogP contribution in [0.4, 0.5) is 5.69 Å². The zero-order chi connectivity index (χ0) is 22.6. The number of sulfone groups is 1. The summed E-state index contributed by atoms with van der Waals surface area (Å²) in [5.74, 6) is 0.118. The molecule has 0 unspecified atom stereocenters. The number of methoxy groups -OCH3 is 1. The van der Waals surface area contributed by atoms with E-state index in [1.165, 1.54) is 19.2 Å². The van der Waals surface area contributed by atoms with E-state index in [2.05, 4.69) is 10.6 Å². The average molecular weight is 467 g/mol. The van der Waals surface area contributed by atoms with Gasteiger partial charge in [-0.25, -0.2) is 8.42 Å². The van der Waals surface area contributed by atoms with Crippen LogP contribution in [0.5, 0.6) is 5.75 Å². The van der Waals surface area contributed by atoms with Gasteiger partial charge in [0.25, 0.3) is 5.91 Å². The van der Waals surface area contributed by atoms with Crippen LogP contribution in [0.2, 0.25) is 5.02 Å². The topological polar surface area (TPSA) is 105 Å². The summed E-state index contributed by atoms with van der Waals surface area (Å²) in [5, 5.41) is 16.4. The SMILES string of the molecule is COc1cc(CNC(=O)c2cc(S(C)(=O)=O)ccc2N[C@H]2CC[C@H](O)CC2)ccc1Cl. The molecule has 31 heavy (non-hydrogen) atoms. The maximum atomic E-state index is 13.0. The third-order valence-electron chi connectivity index (χ3n) is 5.39. The highest BCUT2D eigenvalue weighted by Crippen LogP contribution is 2.27. The van der Waals surface area contributed by atoms with Crippen molar-refractivity contribution in [3.8, 4) is 5.75 Å². The van der Waals surface area contributed by atoms with Crippen LogP contribution in [-0.4, -0.2) is 44.9 Å². The number of carbonyl (C=O) groups is 1. The standard InChI is InChI=1S/C22H27ClN2O5S/c1-30-21-11-14(3-9-19(21)23)13-24-22(27)18-12-17(31(2,28)29)8-10-20(18)25-15-4-6-16(26)7-5-15/h3,8-12,15-16,25-26H,4-7,13H2,1-2H3,(H,24,27)/t15-,16-. The first-order valence-electron chi connectivity index (χ1n) is 10.1. The molecule has 0 atom stereocenters. The van der Waals surface area contributed by atoms with Gasteiger partial charge in [-0.15, -0.1) is 0 Å². The van der Waals surface area contributed by atoms with Gasteiger partial charge in [-0.3, -0.25) is 4.79 Å². The largest absolute Gasteiger partial charge is 0.495 e. The number of aliphatic hydroxyl groups is 1. The van der Waals surface area contributed by atoms with Gasteiger partial charge in [0.2, 0.25) is 0 Å². The van der Waals surface area contributed by atoms with E-state index in [1.807, 2.05) is 0 Å². The minimum absolute atomic E-state index is 0.0791. The maximum absolute atomic E-state index is 13.0. The first kappa shape index (κ1) is 23.4. The van der Waals surface area contributed by atoms with Gasteiger partial charge in [0.1, 0.15) is 5.75 Å². The van der Waals surface area contributed by atoms with Gasteiger partial charge in [-0.1, -0.05) is 17.7 Å². The molecule has 168 valence electrons. The fourth-order valence-corrected chi connectivity index (χ4v) is 4.44. The zero-order valence-electron chi connectivity index (χ0n) is 17.5. The summed E-state index contributed by atoms with van der Waals surface area (Å²) < 4.78 is 29.2. The molecule has 3 rings (SSSR count). The van der Waals surface area contributed by atoms with Crippen LogP contribution in [-0.2, 0) is 16.4 Å². The Kier molecular flexibility index (Phi) is 7.46. The van der Waals surface area contributed by atoms with Gasteiger partial charge >= 0.3 is 0 Å². The number of hydrogen-bond acceptors (Lipinski definition) is 6. The molecule has 3 N–H and O–H groups in total. The zero-order valence-corrected chi connectivity index (χ0v) is 19.1. The Morgan fingerprint density at radius 2 is 1.87 bits per heavy atom. The Bertz CT molecular complexity index is 1050. The summed E-state index contributed by atoms with van der Waals surface area (Å²) >= 11 is 6.04. The molecule has 1 aliphatic carbocycles. The molecule has 1 aliphatic rings. The Labute approximate surface area is 187 Å². The van der Waals surface area contributed by atoms with Crippen molar-refractivity contribution in [2.75, 3.05) is 18.7 Å². The molecule has 2 aromatic carbocycles. The molecular weight excluding hydrogens is 440 g/mol. The van der Waals surface area contributed by atoms with Crippen LogP contribution in [0.15, 0.2) is 41.3 Å². The molecule has 1 amide bonds. The van der Waals surface area contributed by atoms with Crippen molar-refractivity contribution < 1.29 is 23.1 Å². The average Bonchev–Trinajstić information content (AvgIpc) is 2.74. The second-order valence-corrected chi connectivity index (χ2v) is 10.2. The molecule has 1 saturated carbocycles. The normalized spacial score (nSPS) is 19.0. The number of benzene rings is 2. The van der Waals surface area contributed by atoms with E-state index < -0.39 is 15.7 Å². The molecule has 0 spiro atoms. The van der Waals surface area contributed by atoms with Crippen LogP contribution in [0, 0.1) is 0 Å². The van der Waals surface area contributed by atoms with Gasteiger partial charge < -0.3 is 20.5 Å². The highest BCUT2D eigenvalue weighted by molar-refractivity contribution is 7.90. The molecule has 0 radical (unpaired) electrons. The molecule has 0 bridgehead atoms. The molecule has 1 fully saturated rings. The van der Waals surface area contributed by atoms with Crippen LogP contribution in [0.1, 0.15) is 41.6 Å². The second kappa shape index (κ2) is 9.89. The summed E-state index contributed by atoms with van der Waals surface area (Å²) in [6.07, 6.45) is 3.77. The van der Waals surface area contributed by atoms with E-state index in [9.17, 15) is 18.3 Å². The number of anilines is 1. The number of nitrogens with one attached hydrogen (secondary N) is 2. The van der Waals surface area contributed by atoms with Crippen LogP contribution in [0.3, 0.4) is 0 Å². The van der Waals surface area contributed by atoms with Crippen molar-refractivity contribution in [3.63, 3.8) is 0 Å². The van der Waals surface area contributed by atoms with Gasteiger partial charge in [0, 0.05) is 24.5 Å². The lowest BCUT2D eigenvalue weighted by atomic mass is 9.92. The first-order chi connectivity index (χ1) is 14.7. The number of hydrogen-bond donors (Lipinski definition) is 3. The number of halogens is 1. The molecule has 7 nitrogen and oxygen atoms in total. The van der Waals surface area contributed by atoms with Gasteiger partial charge in [-0.2, -0.15) is 0 Å². The van der Waals surface area contributed by atoms with Crippen molar-refractivity contribution in [3.05, 3.63) is 52.5 Å². The molecular formula is C22H27ClN2O5S. The third-order valence-corrected chi connectivity index (χ3v) is 6.81. The molecule has 0 saturated heterocycles. The van der Waals surface area contributed by atoms with E-state index in [4.69, 9.17) is 16.3 Å². The maximum Gasteiger partial charge on any atom is 0.253 e. The molecule has 9 heteroatoms. The minimum atomic E-state index is -3.47. The van der Waals surface area contributed by atoms with Crippen molar-refractivity contribution in [2.24, 2.45) is 0 Å². The monoisotopic (exact) mass is 466 g/mol. The fourth-order valence-electron chi connectivity index (χ4n) is 3.60. The summed E-state index contributed by atoms with van der Waals surface area (Å²) in [6.45, 7) is 0.227. The van der Waals surface area contributed by atoms with Crippen molar-refractivity contribution >= 4 is 33.0 Å². The van der Waals surface area contributed by atoms with E-state index in [0.717, 1.165) is 24.7 Å². The third kappa shape index (κ3) is 6.12. The minimum Gasteiger partial charge on any atom is -0.495 e. The van der Waals surface area contributed by atoms with E-state index in [-0.39, 0.29) is 29.1 Å². The van der Waals surface area contributed by atoms with E-state index in [1.54, 1.807) is 24.3 Å².